The van der Waals surface area contributed by atoms with Gasteiger partial charge < -0.3 is 14.5 Å². The molecule has 1 fully saturated rings. The first-order valence-corrected chi connectivity index (χ1v) is 8.51. The van der Waals surface area contributed by atoms with Gasteiger partial charge in [0.2, 0.25) is 17.7 Å². The van der Waals surface area contributed by atoms with E-state index < -0.39 is 0 Å². The van der Waals surface area contributed by atoms with Crippen molar-refractivity contribution in [1.29, 1.82) is 0 Å². The number of nitrogens with zero attached hydrogens (tertiary/aromatic N) is 2. The molecule has 1 amide bonds. The fraction of sp³-hybridized carbons (Fsp3) is 0.500. The van der Waals surface area contributed by atoms with Crippen LogP contribution < -0.4 is 10.1 Å². The summed E-state index contributed by atoms with van der Waals surface area (Å²) in [4.78, 5) is 12.0. The first-order valence-electron chi connectivity index (χ1n) is 8.51. The minimum atomic E-state index is 0.0612. The number of aryl methyl sites for hydroxylation is 1. The summed E-state index contributed by atoms with van der Waals surface area (Å²) in [5, 5.41) is 11.2. The molecule has 2 aromatic rings. The van der Waals surface area contributed by atoms with Crippen LogP contribution in [-0.4, -0.2) is 29.3 Å². The van der Waals surface area contributed by atoms with Gasteiger partial charge in [-0.3, -0.25) is 4.79 Å². The van der Waals surface area contributed by atoms with E-state index in [-0.39, 0.29) is 5.91 Å². The van der Waals surface area contributed by atoms with E-state index in [0.717, 1.165) is 24.2 Å². The molecule has 0 saturated heterocycles. The predicted octanol–water partition coefficient (Wildman–Crippen LogP) is 3.13. The summed E-state index contributed by atoms with van der Waals surface area (Å²) in [6.45, 7) is 0. The molecule has 0 unspecified atom stereocenters. The lowest BCUT2D eigenvalue weighted by molar-refractivity contribution is -0.122. The van der Waals surface area contributed by atoms with Crippen molar-refractivity contribution in [3.05, 3.63) is 30.2 Å². The van der Waals surface area contributed by atoms with Crippen molar-refractivity contribution in [2.45, 2.75) is 51.0 Å². The van der Waals surface area contributed by atoms with Gasteiger partial charge >= 0.3 is 0 Å². The molecule has 0 aliphatic heterocycles. The molecule has 0 spiro atoms. The van der Waals surface area contributed by atoms with E-state index >= 15 is 0 Å². The number of hydrogen-bond donors (Lipinski definition) is 1. The average molecular weight is 329 g/mol. The van der Waals surface area contributed by atoms with Crippen LogP contribution in [-0.2, 0) is 11.2 Å². The Morgan fingerprint density at radius 2 is 1.96 bits per heavy atom. The van der Waals surface area contributed by atoms with Gasteiger partial charge in [-0.25, -0.2) is 0 Å². The Hall–Kier alpha value is -2.37. The van der Waals surface area contributed by atoms with Gasteiger partial charge in [0.25, 0.3) is 0 Å². The van der Waals surface area contributed by atoms with Crippen LogP contribution in [0.25, 0.3) is 11.5 Å². The zero-order valence-electron chi connectivity index (χ0n) is 14.0. The van der Waals surface area contributed by atoms with Gasteiger partial charge in [0.15, 0.2) is 0 Å². The molecule has 1 aromatic heterocycles. The molecule has 0 bridgehead atoms. The second-order valence-corrected chi connectivity index (χ2v) is 6.13. The molecule has 0 atom stereocenters. The Labute approximate surface area is 141 Å². The Morgan fingerprint density at radius 3 is 2.67 bits per heavy atom. The Kier molecular flexibility index (Phi) is 5.46. The second-order valence-electron chi connectivity index (χ2n) is 6.13. The van der Waals surface area contributed by atoms with Gasteiger partial charge in [0, 0.05) is 24.4 Å². The molecule has 128 valence electrons. The van der Waals surface area contributed by atoms with Crippen molar-refractivity contribution < 1.29 is 13.9 Å². The van der Waals surface area contributed by atoms with E-state index in [0.29, 0.717) is 30.7 Å². The summed E-state index contributed by atoms with van der Waals surface area (Å²) in [5.74, 6) is 1.78. The highest BCUT2D eigenvalue weighted by Crippen LogP contribution is 2.21. The quantitative estimate of drug-likeness (QED) is 0.881. The molecule has 0 radical (unpaired) electrons. The minimum absolute atomic E-state index is 0.0612. The Balaban J connectivity index is 1.50. The summed E-state index contributed by atoms with van der Waals surface area (Å²) in [7, 11) is 1.62. The first kappa shape index (κ1) is 16.5. The highest BCUT2D eigenvalue weighted by Gasteiger charge is 2.16. The number of benzene rings is 1. The molecule has 1 aromatic carbocycles. The topological polar surface area (TPSA) is 77.2 Å². The third kappa shape index (κ3) is 4.34. The number of nitrogens with one attached hydrogen (secondary N) is 1. The smallest absolute Gasteiger partial charge is 0.247 e. The molecule has 1 aliphatic carbocycles. The lowest BCUT2D eigenvalue weighted by Gasteiger charge is -2.22. The van der Waals surface area contributed by atoms with Crippen LogP contribution in [0.5, 0.6) is 5.75 Å². The van der Waals surface area contributed by atoms with Crippen molar-refractivity contribution in [2.75, 3.05) is 7.11 Å². The number of hydrogen-bond acceptors (Lipinski definition) is 5. The molecule has 1 aliphatic rings. The number of carbonyl (C=O) groups is 1. The van der Waals surface area contributed by atoms with Crippen LogP contribution in [0, 0.1) is 0 Å². The van der Waals surface area contributed by atoms with E-state index in [1.807, 2.05) is 24.3 Å². The van der Waals surface area contributed by atoms with Gasteiger partial charge in [-0.05, 0) is 37.1 Å². The van der Waals surface area contributed by atoms with Crippen molar-refractivity contribution in [1.82, 2.24) is 15.5 Å². The van der Waals surface area contributed by atoms with Crippen LogP contribution >= 0.6 is 0 Å². The zero-order valence-corrected chi connectivity index (χ0v) is 14.0. The Bertz CT molecular complexity index is 660. The van der Waals surface area contributed by atoms with E-state index in [2.05, 4.69) is 15.5 Å². The summed E-state index contributed by atoms with van der Waals surface area (Å²) in [5.41, 5.74) is 0.834. The first-order chi connectivity index (χ1) is 11.7. The van der Waals surface area contributed by atoms with Crippen LogP contribution in [0.2, 0.25) is 0 Å². The van der Waals surface area contributed by atoms with E-state index in [9.17, 15) is 4.79 Å². The molecule has 1 saturated carbocycles. The molecular formula is C18H23N3O3. The molecule has 3 rings (SSSR count). The number of carbonyl (C=O) groups excluding carboxylic acids is 1. The van der Waals surface area contributed by atoms with Gasteiger partial charge in [0.05, 0.1) is 7.11 Å². The van der Waals surface area contributed by atoms with E-state index in [1.54, 1.807) is 7.11 Å². The zero-order chi connectivity index (χ0) is 16.8. The minimum Gasteiger partial charge on any atom is -0.497 e. The molecule has 6 nitrogen and oxygen atoms in total. The van der Waals surface area contributed by atoms with Gasteiger partial charge in [-0.2, -0.15) is 0 Å². The third-order valence-electron chi connectivity index (χ3n) is 4.34. The summed E-state index contributed by atoms with van der Waals surface area (Å²) in [6.07, 6.45) is 6.71. The van der Waals surface area contributed by atoms with E-state index in [1.165, 1.54) is 19.3 Å². The van der Waals surface area contributed by atoms with Gasteiger partial charge in [-0.15, -0.1) is 10.2 Å². The maximum absolute atomic E-state index is 12.0. The van der Waals surface area contributed by atoms with Crippen molar-refractivity contribution in [3.8, 4) is 17.2 Å². The highest BCUT2D eigenvalue weighted by molar-refractivity contribution is 5.76. The van der Waals surface area contributed by atoms with Gasteiger partial charge in [0.1, 0.15) is 5.75 Å². The largest absolute Gasteiger partial charge is 0.497 e. The van der Waals surface area contributed by atoms with Crippen LogP contribution in [0.3, 0.4) is 0 Å². The number of aromatic nitrogens is 2. The maximum Gasteiger partial charge on any atom is 0.247 e. The summed E-state index contributed by atoms with van der Waals surface area (Å²) >= 11 is 0. The fourth-order valence-corrected chi connectivity index (χ4v) is 2.97. The molecule has 1 heterocycles. The van der Waals surface area contributed by atoms with E-state index in [4.69, 9.17) is 9.15 Å². The maximum atomic E-state index is 12.0. The SMILES string of the molecule is COc1ccc(-c2nnc(CCC(=O)NC3CCCCC3)o2)cc1. The monoisotopic (exact) mass is 329 g/mol. The lowest BCUT2D eigenvalue weighted by atomic mass is 9.95. The number of rotatable bonds is 6. The van der Waals surface area contributed by atoms with Crippen molar-refractivity contribution >= 4 is 5.91 Å². The van der Waals surface area contributed by atoms with Crippen LogP contribution in [0.4, 0.5) is 0 Å². The van der Waals surface area contributed by atoms with Crippen molar-refractivity contribution in [3.63, 3.8) is 0 Å². The van der Waals surface area contributed by atoms with Crippen molar-refractivity contribution in [2.24, 2.45) is 0 Å². The van der Waals surface area contributed by atoms with Crippen LogP contribution in [0.15, 0.2) is 28.7 Å². The second kappa shape index (κ2) is 7.95. The number of methoxy groups -OCH3 is 1. The average Bonchev–Trinajstić information content (AvgIpc) is 3.10. The fourth-order valence-electron chi connectivity index (χ4n) is 2.97. The number of amides is 1. The molecular weight excluding hydrogens is 306 g/mol. The van der Waals surface area contributed by atoms with Gasteiger partial charge in [-0.1, -0.05) is 19.3 Å². The predicted molar refractivity (Wildman–Crippen MR) is 89.6 cm³/mol. The summed E-state index contributed by atoms with van der Waals surface area (Å²) < 4.78 is 10.8. The third-order valence-corrected chi connectivity index (χ3v) is 4.34. The normalized spacial score (nSPS) is 15.2. The number of ether oxygens (including phenoxy) is 1. The summed E-state index contributed by atoms with van der Waals surface area (Å²) in [6, 6.07) is 7.76. The molecule has 6 heteroatoms. The molecule has 1 N–H and O–H groups in total. The Morgan fingerprint density at radius 1 is 1.21 bits per heavy atom. The standard InChI is InChI=1S/C18H23N3O3/c1-23-15-9-7-13(8-10-15)18-21-20-17(24-18)12-11-16(22)19-14-5-3-2-4-6-14/h7-10,14H,2-6,11-12H2,1H3,(H,19,22). The lowest BCUT2D eigenvalue weighted by Crippen LogP contribution is -2.36. The highest BCUT2D eigenvalue weighted by atomic mass is 16.5. The van der Waals surface area contributed by atoms with Crippen LogP contribution in [0.1, 0.15) is 44.4 Å². The molecule has 24 heavy (non-hydrogen) atoms.